The van der Waals surface area contributed by atoms with E-state index in [-0.39, 0.29) is 11.8 Å². The van der Waals surface area contributed by atoms with E-state index in [9.17, 15) is 9.59 Å². The van der Waals surface area contributed by atoms with Crippen molar-refractivity contribution in [2.24, 2.45) is 5.92 Å². The van der Waals surface area contributed by atoms with Crippen molar-refractivity contribution in [3.63, 3.8) is 0 Å². The fraction of sp³-hybridized carbons (Fsp3) is 0.526. The molecule has 1 aromatic carbocycles. The van der Waals surface area contributed by atoms with Gasteiger partial charge in [0.2, 0.25) is 0 Å². The van der Waals surface area contributed by atoms with Crippen molar-refractivity contribution in [2.75, 3.05) is 33.4 Å². The molecule has 8 heteroatoms. The number of esters is 1. The second-order valence-corrected chi connectivity index (χ2v) is 6.96. The number of likely N-dealkylation sites (tertiary alicyclic amines) is 1. The average Bonchev–Trinajstić information content (AvgIpc) is 3.22. The van der Waals surface area contributed by atoms with Crippen molar-refractivity contribution in [3.8, 4) is 0 Å². The van der Waals surface area contributed by atoms with Crippen molar-refractivity contribution in [3.05, 3.63) is 39.9 Å². The zero-order chi connectivity index (χ0) is 18.8. The third-order valence-corrected chi connectivity index (χ3v) is 5.21. The molecular weight excluding hydrogens is 350 g/mol. The first-order valence-electron chi connectivity index (χ1n) is 9.21. The summed E-state index contributed by atoms with van der Waals surface area (Å²) >= 11 is 0. The van der Waals surface area contributed by atoms with Gasteiger partial charge in [0, 0.05) is 5.92 Å². The Hall–Kier alpha value is -2.29. The molecule has 0 spiro atoms. The van der Waals surface area contributed by atoms with Crippen molar-refractivity contribution < 1.29 is 19.0 Å². The minimum Gasteiger partial charge on any atom is -0.465 e. The summed E-state index contributed by atoms with van der Waals surface area (Å²) in [4.78, 5) is 33.7. The highest BCUT2D eigenvalue weighted by Gasteiger charge is 2.30. The molecule has 0 amide bonds. The molecular formula is C19H23N3O5. The van der Waals surface area contributed by atoms with Gasteiger partial charge in [-0.3, -0.25) is 9.69 Å². The van der Waals surface area contributed by atoms with Crippen LogP contribution in [0.3, 0.4) is 0 Å². The number of nitrogens with one attached hydrogen (secondary N) is 1. The number of methoxy groups -OCH3 is 1. The molecule has 0 atom stereocenters. The molecule has 1 N–H and O–H groups in total. The van der Waals surface area contributed by atoms with Gasteiger partial charge in [0.05, 0.1) is 43.3 Å². The molecule has 2 aliphatic rings. The van der Waals surface area contributed by atoms with Gasteiger partial charge in [-0.2, -0.15) is 0 Å². The van der Waals surface area contributed by atoms with Crippen LogP contribution in [0.5, 0.6) is 0 Å². The molecule has 3 heterocycles. The van der Waals surface area contributed by atoms with E-state index < -0.39 is 5.97 Å². The molecule has 0 saturated carbocycles. The Morgan fingerprint density at radius 2 is 2.04 bits per heavy atom. The molecule has 2 aromatic rings. The summed E-state index contributed by atoms with van der Waals surface area (Å²) in [6, 6.07) is 4.77. The summed E-state index contributed by atoms with van der Waals surface area (Å²) in [6.07, 6.45) is 1.92. The monoisotopic (exact) mass is 373 g/mol. The summed E-state index contributed by atoms with van der Waals surface area (Å²) in [5.41, 5.74) is 0.680. The lowest BCUT2D eigenvalue weighted by atomic mass is 9.96. The second kappa shape index (κ2) is 7.75. The molecule has 8 nitrogen and oxygen atoms in total. The number of carbonyl (C=O) groups is 1. The van der Waals surface area contributed by atoms with Gasteiger partial charge in [0.15, 0.2) is 6.29 Å². The summed E-state index contributed by atoms with van der Waals surface area (Å²) in [5.74, 6) is 0.579. The van der Waals surface area contributed by atoms with E-state index >= 15 is 0 Å². The maximum atomic E-state index is 12.4. The lowest BCUT2D eigenvalue weighted by Crippen LogP contribution is -2.38. The normalized spacial score (nSPS) is 19.6. The number of fused-ring (bicyclic) bond motifs is 1. The maximum absolute atomic E-state index is 12.4. The van der Waals surface area contributed by atoms with Crippen LogP contribution in [0.15, 0.2) is 23.0 Å². The number of H-pyrrole nitrogens is 1. The Morgan fingerprint density at radius 3 is 2.74 bits per heavy atom. The van der Waals surface area contributed by atoms with Crippen LogP contribution in [0.2, 0.25) is 0 Å². The molecule has 2 saturated heterocycles. The van der Waals surface area contributed by atoms with Gasteiger partial charge in [0.1, 0.15) is 5.82 Å². The highest BCUT2D eigenvalue weighted by Crippen LogP contribution is 2.26. The first-order valence-corrected chi connectivity index (χ1v) is 9.21. The predicted molar refractivity (Wildman–Crippen MR) is 97.4 cm³/mol. The first kappa shape index (κ1) is 18.1. The largest absolute Gasteiger partial charge is 0.465 e. The van der Waals surface area contributed by atoms with Gasteiger partial charge in [-0.25, -0.2) is 9.78 Å². The van der Waals surface area contributed by atoms with Crippen molar-refractivity contribution in [1.29, 1.82) is 0 Å². The number of aromatic nitrogens is 2. The van der Waals surface area contributed by atoms with E-state index in [1.165, 1.54) is 7.11 Å². The van der Waals surface area contributed by atoms with Gasteiger partial charge in [-0.15, -0.1) is 0 Å². The number of rotatable bonds is 4. The molecule has 2 aliphatic heterocycles. The number of aromatic amines is 1. The van der Waals surface area contributed by atoms with Crippen molar-refractivity contribution in [2.45, 2.75) is 25.7 Å². The topological polar surface area (TPSA) is 93.8 Å². The molecule has 2 fully saturated rings. The predicted octanol–water partition coefficient (Wildman–Crippen LogP) is 1.29. The van der Waals surface area contributed by atoms with E-state index in [2.05, 4.69) is 14.9 Å². The third kappa shape index (κ3) is 3.87. The van der Waals surface area contributed by atoms with Gasteiger partial charge < -0.3 is 19.2 Å². The zero-order valence-electron chi connectivity index (χ0n) is 15.3. The van der Waals surface area contributed by atoms with Gasteiger partial charge in [-0.1, -0.05) is 0 Å². The highest BCUT2D eigenvalue weighted by molar-refractivity contribution is 5.93. The fourth-order valence-corrected chi connectivity index (χ4v) is 3.75. The summed E-state index contributed by atoms with van der Waals surface area (Å²) < 4.78 is 16.0. The van der Waals surface area contributed by atoms with Gasteiger partial charge >= 0.3 is 5.97 Å². The molecule has 0 aliphatic carbocycles. The van der Waals surface area contributed by atoms with Crippen LogP contribution in [0.4, 0.5) is 0 Å². The highest BCUT2D eigenvalue weighted by atomic mass is 16.7. The number of nitrogens with zero attached hydrogens (tertiary/aromatic N) is 2. The maximum Gasteiger partial charge on any atom is 0.337 e. The number of carbonyl (C=O) groups excluding carboxylic acids is 1. The number of benzene rings is 1. The summed E-state index contributed by atoms with van der Waals surface area (Å²) in [6.45, 7) is 3.73. The van der Waals surface area contributed by atoms with Crippen LogP contribution >= 0.6 is 0 Å². The standard InChI is InChI=1S/C19H23N3O5/c1-25-18(24)13-2-3-14-15(10-13)20-16(21-17(14)23)11-22-6-4-12(5-7-22)19-26-8-9-27-19/h2-3,10,12,19H,4-9,11H2,1H3,(H,20,21,23). The molecule has 4 rings (SSSR count). The second-order valence-electron chi connectivity index (χ2n) is 6.96. The molecule has 144 valence electrons. The van der Waals surface area contributed by atoms with E-state index in [0.717, 1.165) is 25.9 Å². The number of hydrogen-bond donors (Lipinski definition) is 1. The Balaban J connectivity index is 1.47. The zero-order valence-corrected chi connectivity index (χ0v) is 15.3. The smallest absolute Gasteiger partial charge is 0.337 e. The minimum atomic E-state index is -0.445. The molecule has 0 bridgehead atoms. The Kier molecular flexibility index (Phi) is 5.20. The summed E-state index contributed by atoms with van der Waals surface area (Å²) in [5, 5.41) is 0.459. The Labute approximate surface area is 156 Å². The number of piperidine rings is 1. The van der Waals surface area contributed by atoms with Crippen LogP contribution in [0.1, 0.15) is 29.0 Å². The van der Waals surface area contributed by atoms with E-state index in [0.29, 0.717) is 48.0 Å². The van der Waals surface area contributed by atoms with E-state index in [1.54, 1.807) is 18.2 Å². The van der Waals surface area contributed by atoms with Crippen LogP contribution in [0.25, 0.3) is 10.9 Å². The number of hydrogen-bond acceptors (Lipinski definition) is 7. The molecule has 1 aromatic heterocycles. The van der Waals surface area contributed by atoms with Crippen LogP contribution < -0.4 is 5.56 Å². The van der Waals surface area contributed by atoms with Crippen LogP contribution in [-0.4, -0.2) is 60.5 Å². The quantitative estimate of drug-likeness (QED) is 0.807. The lowest BCUT2D eigenvalue weighted by molar-refractivity contribution is -0.0978. The summed E-state index contributed by atoms with van der Waals surface area (Å²) in [7, 11) is 1.33. The molecule has 0 unspecified atom stereocenters. The lowest BCUT2D eigenvalue weighted by Gasteiger charge is -2.33. The molecule has 27 heavy (non-hydrogen) atoms. The average molecular weight is 373 g/mol. The SMILES string of the molecule is COC(=O)c1ccc2c(=O)[nH]c(CN3CCC(C4OCCO4)CC3)nc2c1. The van der Waals surface area contributed by atoms with Gasteiger partial charge in [-0.05, 0) is 44.1 Å². The fourth-order valence-electron chi connectivity index (χ4n) is 3.75. The van der Waals surface area contributed by atoms with E-state index in [4.69, 9.17) is 14.2 Å². The van der Waals surface area contributed by atoms with Crippen LogP contribution in [0, 0.1) is 5.92 Å². The van der Waals surface area contributed by atoms with Crippen molar-refractivity contribution in [1.82, 2.24) is 14.9 Å². The van der Waals surface area contributed by atoms with Gasteiger partial charge in [0.25, 0.3) is 5.56 Å². The first-order chi connectivity index (χ1) is 13.1. The minimum absolute atomic E-state index is 0.0671. The molecule has 0 radical (unpaired) electrons. The number of ether oxygens (including phenoxy) is 3. The third-order valence-electron chi connectivity index (χ3n) is 5.21. The van der Waals surface area contributed by atoms with Crippen LogP contribution in [-0.2, 0) is 20.8 Å². The Morgan fingerprint density at radius 1 is 1.30 bits per heavy atom. The van der Waals surface area contributed by atoms with Crippen molar-refractivity contribution >= 4 is 16.9 Å². The Bertz CT molecular complexity index is 883. The van der Waals surface area contributed by atoms with E-state index in [1.807, 2.05) is 0 Å².